The van der Waals surface area contributed by atoms with Crippen LogP contribution in [0.25, 0.3) is 0 Å². The summed E-state index contributed by atoms with van der Waals surface area (Å²) in [5.74, 6) is -0.122. The van der Waals surface area contributed by atoms with Crippen LogP contribution in [0.3, 0.4) is 0 Å². The number of nitrogens with zero attached hydrogens (tertiary/aromatic N) is 1. The maximum absolute atomic E-state index is 12.8. The average molecular weight is 313 g/mol. The van der Waals surface area contributed by atoms with Crippen molar-refractivity contribution in [2.24, 2.45) is 0 Å². The summed E-state index contributed by atoms with van der Waals surface area (Å²) in [4.78, 5) is 11.9. The highest BCUT2D eigenvalue weighted by molar-refractivity contribution is 7.89. The van der Waals surface area contributed by atoms with Crippen molar-refractivity contribution < 1.29 is 17.9 Å². The van der Waals surface area contributed by atoms with Crippen LogP contribution in [0.4, 0.5) is 5.69 Å². The highest BCUT2D eigenvalue weighted by Gasteiger charge is 2.40. The first-order valence-electron chi connectivity index (χ1n) is 6.58. The second-order valence-electron chi connectivity index (χ2n) is 4.80. The van der Waals surface area contributed by atoms with Gasteiger partial charge in [0.1, 0.15) is 16.7 Å². The molecule has 0 radical (unpaired) electrons. The number of carbonyl (C=O) groups excluding carboxylic acids is 1. The third-order valence-corrected chi connectivity index (χ3v) is 5.47. The minimum absolute atomic E-state index is 0.0232. The zero-order valence-electron chi connectivity index (χ0n) is 12.0. The Morgan fingerprint density at radius 1 is 1.48 bits per heavy atom. The number of ether oxygens (including phenoxy) is 1. The molecule has 1 aromatic rings. The summed E-state index contributed by atoms with van der Waals surface area (Å²) in [6, 6.07) is 3.68. The van der Waals surface area contributed by atoms with Gasteiger partial charge < -0.3 is 15.8 Å². The van der Waals surface area contributed by atoms with E-state index in [-0.39, 0.29) is 16.6 Å². The molecule has 0 aliphatic carbocycles. The van der Waals surface area contributed by atoms with Gasteiger partial charge in [0, 0.05) is 25.3 Å². The molecule has 21 heavy (non-hydrogen) atoms. The molecule has 1 aromatic carbocycles. The van der Waals surface area contributed by atoms with E-state index in [0.29, 0.717) is 25.1 Å². The average Bonchev–Trinajstić information content (AvgIpc) is 2.96. The number of rotatable bonds is 4. The van der Waals surface area contributed by atoms with Gasteiger partial charge in [-0.3, -0.25) is 4.79 Å². The molecule has 0 saturated carbocycles. The summed E-state index contributed by atoms with van der Waals surface area (Å²) in [6.07, 6.45) is 1.16. The molecule has 0 aromatic heterocycles. The van der Waals surface area contributed by atoms with Crippen LogP contribution in [0.5, 0.6) is 5.75 Å². The molecule has 1 fully saturated rings. The quantitative estimate of drug-likeness (QED) is 0.772. The summed E-state index contributed by atoms with van der Waals surface area (Å²) < 4.78 is 31.9. The number of nitrogens with one attached hydrogen (secondary N) is 1. The molecule has 1 heterocycles. The number of nitrogen functional groups attached to an aromatic ring is 1. The summed E-state index contributed by atoms with van der Waals surface area (Å²) in [6.45, 7) is 0.313. The molecular formula is C13H19N3O4S. The molecule has 1 atom stereocenters. The van der Waals surface area contributed by atoms with Gasteiger partial charge in [-0.15, -0.1) is 0 Å². The molecule has 8 heteroatoms. The minimum Gasteiger partial charge on any atom is -0.495 e. The predicted molar refractivity (Wildman–Crippen MR) is 78.4 cm³/mol. The number of amides is 1. The fraction of sp³-hybridized carbons (Fsp3) is 0.462. The van der Waals surface area contributed by atoms with E-state index >= 15 is 0 Å². The first-order valence-corrected chi connectivity index (χ1v) is 8.02. The fourth-order valence-electron chi connectivity index (χ4n) is 2.48. The summed E-state index contributed by atoms with van der Waals surface area (Å²) in [7, 11) is -0.932. The van der Waals surface area contributed by atoms with E-state index in [9.17, 15) is 13.2 Å². The molecule has 1 aliphatic rings. The maximum Gasteiger partial charge on any atom is 0.247 e. The van der Waals surface area contributed by atoms with Crippen molar-refractivity contribution >= 4 is 21.6 Å². The second kappa shape index (κ2) is 5.90. The smallest absolute Gasteiger partial charge is 0.247 e. The predicted octanol–water partition coefficient (Wildman–Crippen LogP) is 0.177. The monoisotopic (exact) mass is 313 g/mol. The molecule has 1 amide bonds. The van der Waals surface area contributed by atoms with Crippen molar-refractivity contribution in [2.75, 3.05) is 26.4 Å². The number of benzene rings is 1. The Morgan fingerprint density at radius 3 is 2.81 bits per heavy atom. The van der Waals surface area contributed by atoms with Gasteiger partial charge in [-0.2, -0.15) is 4.31 Å². The number of methoxy groups -OCH3 is 1. The SMILES string of the molecule is CNC(=O)C1CCCN1S(=O)(=O)c1ccc(N)cc1OC. The van der Waals surface area contributed by atoms with Gasteiger partial charge in [-0.05, 0) is 25.0 Å². The molecular weight excluding hydrogens is 294 g/mol. The Bertz CT molecular complexity index is 645. The highest BCUT2D eigenvalue weighted by atomic mass is 32.2. The van der Waals surface area contributed by atoms with Crippen molar-refractivity contribution in [3.05, 3.63) is 18.2 Å². The Hall–Kier alpha value is -1.80. The van der Waals surface area contributed by atoms with E-state index in [1.807, 2.05) is 0 Å². The molecule has 2 rings (SSSR count). The molecule has 3 N–H and O–H groups in total. The summed E-state index contributed by atoms with van der Waals surface area (Å²) >= 11 is 0. The van der Waals surface area contributed by atoms with E-state index in [4.69, 9.17) is 10.5 Å². The van der Waals surface area contributed by atoms with Crippen LogP contribution < -0.4 is 15.8 Å². The zero-order valence-corrected chi connectivity index (χ0v) is 12.8. The summed E-state index contributed by atoms with van der Waals surface area (Å²) in [5, 5.41) is 2.50. The normalized spacial score (nSPS) is 19.4. The first-order chi connectivity index (χ1) is 9.91. The van der Waals surface area contributed by atoms with Crippen LogP contribution in [0.15, 0.2) is 23.1 Å². The molecule has 116 valence electrons. The zero-order chi connectivity index (χ0) is 15.6. The van der Waals surface area contributed by atoms with Crippen LogP contribution in [-0.2, 0) is 14.8 Å². The highest BCUT2D eigenvalue weighted by Crippen LogP contribution is 2.32. The lowest BCUT2D eigenvalue weighted by atomic mass is 10.2. The van der Waals surface area contributed by atoms with Crippen molar-refractivity contribution in [1.29, 1.82) is 0 Å². The van der Waals surface area contributed by atoms with Crippen LogP contribution in [0.1, 0.15) is 12.8 Å². The lowest BCUT2D eigenvalue weighted by molar-refractivity contribution is -0.123. The van der Waals surface area contributed by atoms with Gasteiger partial charge in [0.05, 0.1) is 7.11 Å². The lowest BCUT2D eigenvalue weighted by Crippen LogP contribution is -2.44. The largest absolute Gasteiger partial charge is 0.495 e. The molecule has 1 aliphatic heterocycles. The molecule has 7 nitrogen and oxygen atoms in total. The maximum atomic E-state index is 12.8. The molecule has 0 bridgehead atoms. The number of hydrogen-bond acceptors (Lipinski definition) is 5. The topological polar surface area (TPSA) is 102 Å². The van der Waals surface area contributed by atoms with Gasteiger partial charge in [0.2, 0.25) is 15.9 Å². The Kier molecular flexibility index (Phi) is 4.38. The van der Waals surface area contributed by atoms with Crippen molar-refractivity contribution in [3.8, 4) is 5.75 Å². The van der Waals surface area contributed by atoms with Gasteiger partial charge in [0.25, 0.3) is 0 Å². The van der Waals surface area contributed by atoms with Crippen LogP contribution in [-0.4, -0.2) is 45.4 Å². The van der Waals surface area contributed by atoms with E-state index in [1.165, 1.54) is 36.7 Å². The van der Waals surface area contributed by atoms with Crippen LogP contribution in [0.2, 0.25) is 0 Å². The van der Waals surface area contributed by atoms with Gasteiger partial charge in [0.15, 0.2) is 0 Å². The van der Waals surface area contributed by atoms with Gasteiger partial charge in [-0.1, -0.05) is 0 Å². The third-order valence-electron chi connectivity index (χ3n) is 3.53. The van der Waals surface area contributed by atoms with Crippen LogP contribution >= 0.6 is 0 Å². The number of carbonyl (C=O) groups is 1. The number of likely N-dealkylation sites (N-methyl/N-ethyl adjacent to an activating group) is 1. The molecule has 1 unspecified atom stereocenters. The minimum atomic E-state index is -3.81. The lowest BCUT2D eigenvalue weighted by Gasteiger charge is -2.23. The Labute approximate surface area is 124 Å². The van der Waals surface area contributed by atoms with Crippen molar-refractivity contribution in [3.63, 3.8) is 0 Å². The molecule has 0 spiro atoms. The number of hydrogen-bond donors (Lipinski definition) is 2. The van der Waals surface area contributed by atoms with E-state index in [0.717, 1.165) is 0 Å². The number of anilines is 1. The standard InChI is InChI=1S/C13H19N3O4S/c1-15-13(17)10-4-3-7-16(10)21(18,19)12-6-5-9(14)8-11(12)20-2/h5-6,8,10H,3-4,7,14H2,1-2H3,(H,15,17). The van der Waals surface area contributed by atoms with Gasteiger partial charge >= 0.3 is 0 Å². The van der Waals surface area contributed by atoms with E-state index in [1.54, 1.807) is 0 Å². The Morgan fingerprint density at radius 2 is 2.19 bits per heavy atom. The van der Waals surface area contributed by atoms with Crippen molar-refractivity contribution in [2.45, 2.75) is 23.8 Å². The van der Waals surface area contributed by atoms with Crippen LogP contribution in [0, 0.1) is 0 Å². The number of sulfonamides is 1. The van der Waals surface area contributed by atoms with Gasteiger partial charge in [-0.25, -0.2) is 8.42 Å². The fourth-order valence-corrected chi connectivity index (χ4v) is 4.27. The van der Waals surface area contributed by atoms with Crippen molar-refractivity contribution in [1.82, 2.24) is 9.62 Å². The number of nitrogens with two attached hydrogens (primary N) is 1. The first kappa shape index (κ1) is 15.6. The second-order valence-corrected chi connectivity index (χ2v) is 6.66. The molecule has 1 saturated heterocycles. The Balaban J connectivity index is 2.44. The van der Waals surface area contributed by atoms with E-state index in [2.05, 4.69) is 5.32 Å². The van der Waals surface area contributed by atoms with E-state index < -0.39 is 16.1 Å². The third kappa shape index (κ3) is 2.81. The summed E-state index contributed by atoms with van der Waals surface area (Å²) in [5.41, 5.74) is 6.06.